The van der Waals surface area contributed by atoms with Crippen molar-refractivity contribution in [3.63, 3.8) is 0 Å². The average Bonchev–Trinajstić information content (AvgIpc) is 2.47. The van der Waals surface area contributed by atoms with Gasteiger partial charge in [-0.3, -0.25) is 4.79 Å². The lowest BCUT2D eigenvalue weighted by molar-refractivity contribution is -0.121. The highest BCUT2D eigenvalue weighted by Gasteiger charge is 2.09. The second-order valence-electron chi connectivity index (χ2n) is 5.11. The number of aliphatic hydroxyl groups excluding tert-OH is 1. The highest BCUT2D eigenvalue weighted by atomic mass is 16.5. The predicted octanol–water partition coefficient (Wildman–Crippen LogP) is 1.95. The molecule has 4 N–H and O–H groups in total. The van der Waals surface area contributed by atoms with Crippen molar-refractivity contribution in [3.8, 4) is 5.75 Å². The number of nitrogen functional groups attached to an aromatic ring is 1. The number of carbonyl (C=O) groups is 1. The number of hydrogen-bond donors (Lipinski definition) is 3. The quantitative estimate of drug-likeness (QED) is 0.576. The SMILES string of the molecule is CCCC(CCO)CNC(=O)CCOc1ccccc1N. The molecule has 0 aliphatic heterocycles. The van der Waals surface area contributed by atoms with Crippen LogP contribution in [0, 0.1) is 5.92 Å². The van der Waals surface area contributed by atoms with Gasteiger partial charge in [0.25, 0.3) is 0 Å². The van der Waals surface area contributed by atoms with Crippen LogP contribution in [0.3, 0.4) is 0 Å². The van der Waals surface area contributed by atoms with Crippen LogP contribution < -0.4 is 15.8 Å². The molecule has 0 saturated carbocycles. The second kappa shape index (κ2) is 10.0. The summed E-state index contributed by atoms with van der Waals surface area (Å²) in [6.45, 7) is 3.18. The fourth-order valence-corrected chi connectivity index (χ4v) is 2.15. The molecule has 0 heterocycles. The molecule has 1 aromatic rings. The van der Waals surface area contributed by atoms with Crippen molar-refractivity contribution in [1.29, 1.82) is 0 Å². The number of aliphatic hydroxyl groups is 1. The minimum atomic E-state index is -0.0384. The molecule has 118 valence electrons. The van der Waals surface area contributed by atoms with E-state index in [0.29, 0.717) is 36.9 Å². The molecule has 0 aromatic heterocycles. The van der Waals surface area contributed by atoms with Crippen LogP contribution in [0.4, 0.5) is 5.69 Å². The standard InChI is InChI=1S/C16H26N2O3/c1-2-5-13(8-10-19)12-18-16(20)9-11-21-15-7-4-3-6-14(15)17/h3-4,6-7,13,19H,2,5,8-12,17H2,1H3,(H,18,20). The Hall–Kier alpha value is -1.75. The fraction of sp³-hybridized carbons (Fsp3) is 0.562. The van der Waals surface area contributed by atoms with Crippen molar-refractivity contribution >= 4 is 11.6 Å². The molecule has 5 nitrogen and oxygen atoms in total. The third kappa shape index (κ3) is 6.99. The maximum Gasteiger partial charge on any atom is 0.223 e. The Morgan fingerprint density at radius 3 is 2.81 bits per heavy atom. The zero-order valence-corrected chi connectivity index (χ0v) is 12.7. The van der Waals surface area contributed by atoms with E-state index >= 15 is 0 Å². The van der Waals surface area contributed by atoms with E-state index in [-0.39, 0.29) is 12.5 Å². The maximum atomic E-state index is 11.7. The second-order valence-corrected chi connectivity index (χ2v) is 5.11. The van der Waals surface area contributed by atoms with E-state index in [1.165, 1.54) is 0 Å². The van der Waals surface area contributed by atoms with Crippen LogP contribution in [0.1, 0.15) is 32.6 Å². The summed E-state index contributed by atoms with van der Waals surface area (Å²) in [6.07, 6.45) is 3.09. The van der Waals surface area contributed by atoms with E-state index < -0.39 is 0 Å². The van der Waals surface area contributed by atoms with E-state index in [4.69, 9.17) is 15.6 Å². The minimum Gasteiger partial charge on any atom is -0.491 e. The number of nitrogens with two attached hydrogens (primary N) is 1. The predicted molar refractivity (Wildman–Crippen MR) is 84.1 cm³/mol. The van der Waals surface area contributed by atoms with Crippen molar-refractivity contribution in [2.45, 2.75) is 32.6 Å². The first-order valence-corrected chi connectivity index (χ1v) is 7.52. The molecule has 1 amide bonds. The lowest BCUT2D eigenvalue weighted by Crippen LogP contribution is -2.30. The summed E-state index contributed by atoms with van der Waals surface area (Å²) >= 11 is 0. The number of benzene rings is 1. The van der Waals surface area contributed by atoms with Crippen LogP contribution in [0.15, 0.2) is 24.3 Å². The summed E-state index contributed by atoms with van der Waals surface area (Å²) in [5.74, 6) is 0.910. The van der Waals surface area contributed by atoms with Crippen LogP contribution in [-0.4, -0.2) is 30.8 Å². The van der Waals surface area contributed by atoms with Gasteiger partial charge >= 0.3 is 0 Å². The summed E-state index contributed by atoms with van der Waals surface area (Å²) in [6, 6.07) is 7.23. The summed E-state index contributed by atoms with van der Waals surface area (Å²) < 4.78 is 5.48. The summed E-state index contributed by atoms with van der Waals surface area (Å²) in [5.41, 5.74) is 6.33. The van der Waals surface area contributed by atoms with Crippen molar-refractivity contribution in [2.75, 3.05) is 25.5 Å². The normalized spacial score (nSPS) is 11.9. The Morgan fingerprint density at radius 1 is 1.38 bits per heavy atom. The Balaban J connectivity index is 2.23. The lowest BCUT2D eigenvalue weighted by Gasteiger charge is -2.15. The number of ether oxygens (including phenoxy) is 1. The van der Waals surface area contributed by atoms with Crippen LogP contribution in [0.5, 0.6) is 5.75 Å². The molecule has 0 saturated heterocycles. The molecule has 0 radical (unpaired) electrons. The molecular weight excluding hydrogens is 268 g/mol. The Bertz CT molecular complexity index is 418. The highest BCUT2D eigenvalue weighted by Crippen LogP contribution is 2.19. The highest BCUT2D eigenvalue weighted by molar-refractivity contribution is 5.76. The number of rotatable bonds is 10. The molecule has 0 fully saturated rings. The van der Waals surface area contributed by atoms with Gasteiger partial charge in [0.1, 0.15) is 5.75 Å². The summed E-state index contributed by atoms with van der Waals surface area (Å²) in [7, 11) is 0. The van der Waals surface area contributed by atoms with E-state index in [1.54, 1.807) is 12.1 Å². The van der Waals surface area contributed by atoms with Crippen LogP contribution in [0.25, 0.3) is 0 Å². The number of para-hydroxylation sites is 2. The van der Waals surface area contributed by atoms with Crippen molar-refractivity contribution in [3.05, 3.63) is 24.3 Å². The fourth-order valence-electron chi connectivity index (χ4n) is 2.15. The minimum absolute atomic E-state index is 0.0384. The first kappa shape index (κ1) is 17.3. The van der Waals surface area contributed by atoms with Crippen LogP contribution in [0.2, 0.25) is 0 Å². The maximum absolute atomic E-state index is 11.7. The van der Waals surface area contributed by atoms with Crippen LogP contribution >= 0.6 is 0 Å². The topological polar surface area (TPSA) is 84.6 Å². The third-order valence-electron chi connectivity index (χ3n) is 3.33. The van der Waals surface area contributed by atoms with Gasteiger partial charge in [0.15, 0.2) is 0 Å². The molecule has 1 atom stereocenters. The molecule has 5 heteroatoms. The smallest absolute Gasteiger partial charge is 0.223 e. The van der Waals surface area contributed by atoms with Gasteiger partial charge in [0.05, 0.1) is 18.7 Å². The Labute approximate surface area is 126 Å². The number of nitrogens with one attached hydrogen (secondary N) is 1. The molecule has 1 rings (SSSR count). The van der Waals surface area contributed by atoms with E-state index in [2.05, 4.69) is 12.2 Å². The molecule has 21 heavy (non-hydrogen) atoms. The Kier molecular flexibility index (Phi) is 8.28. The van der Waals surface area contributed by atoms with E-state index in [9.17, 15) is 4.79 Å². The number of carbonyl (C=O) groups excluding carboxylic acids is 1. The van der Waals surface area contributed by atoms with E-state index in [0.717, 1.165) is 19.3 Å². The largest absolute Gasteiger partial charge is 0.491 e. The molecule has 0 bridgehead atoms. The Morgan fingerprint density at radius 2 is 2.14 bits per heavy atom. The van der Waals surface area contributed by atoms with Crippen molar-refractivity contribution in [2.24, 2.45) is 5.92 Å². The summed E-state index contributed by atoms with van der Waals surface area (Å²) in [5, 5.41) is 11.9. The van der Waals surface area contributed by atoms with Gasteiger partial charge < -0.3 is 20.9 Å². The third-order valence-corrected chi connectivity index (χ3v) is 3.33. The monoisotopic (exact) mass is 294 g/mol. The van der Waals surface area contributed by atoms with Gasteiger partial charge in [-0.05, 0) is 30.9 Å². The number of anilines is 1. The van der Waals surface area contributed by atoms with Gasteiger partial charge in [-0.25, -0.2) is 0 Å². The zero-order chi connectivity index (χ0) is 15.5. The first-order valence-electron chi connectivity index (χ1n) is 7.52. The van der Waals surface area contributed by atoms with Crippen molar-refractivity contribution < 1.29 is 14.6 Å². The van der Waals surface area contributed by atoms with Gasteiger partial charge in [-0.1, -0.05) is 25.5 Å². The first-order chi connectivity index (χ1) is 10.2. The van der Waals surface area contributed by atoms with Crippen LogP contribution in [-0.2, 0) is 4.79 Å². The van der Waals surface area contributed by atoms with Crippen molar-refractivity contribution in [1.82, 2.24) is 5.32 Å². The molecular formula is C16H26N2O3. The number of amides is 1. The molecule has 0 aliphatic carbocycles. The van der Waals surface area contributed by atoms with Gasteiger partial charge in [0, 0.05) is 13.2 Å². The van der Waals surface area contributed by atoms with Gasteiger partial charge in [-0.15, -0.1) is 0 Å². The average molecular weight is 294 g/mol. The lowest BCUT2D eigenvalue weighted by atomic mass is 10.0. The summed E-state index contributed by atoms with van der Waals surface area (Å²) in [4.78, 5) is 11.7. The van der Waals surface area contributed by atoms with Gasteiger partial charge in [-0.2, -0.15) is 0 Å². The van der Waals surface area contributed by atoms with Gasteiger partial charge in [0.2, 0.25) is 5.91 Å². The number of hydrogen-bond acceptors (Lipinski definition) is 4. The molecule has 1 aromatic carbocycles. The zero-order valence-electron chi connectivity index (χ0n) is 12.7. The molecule has 0 spiro atoms. The molecule has 1 unspecified atom stereocenters. The molecule has 0 aliphatic rings. The van der Waals surface area contributed by atoms with E-state index in [1.807, 2.05) is 12.1 Å².